The van der Waals surface area contributed by atoms with Crippen LogP contribution in [0.1, 0.15) is 32.0 Å². The maximum Gasteiger partial charge on any atom is 0.355 e. The second-order valence-corrected chi connectivity index (χ2v) is 6.79. The van der Waals surface area contributed by atoms with Gasteiger partial charge >= 0.3 is 11.9 Å². The number of hydrogen-bond donors (Lipinski definition) is 0. The van der Waals surface area contributed by atoms with E-state index in [1.54, 1.807) is 23.6 Å². The van der Waals surface area contributed by atoms with Crippen molar-refractivity contribution in [3.63, 3.8) is 0 Å². The number of carbonyl (C=O) groups is 2. The van der Waals surface area contributed by atoms with Gasteiger partial charge in [-0.15, -0.1) is 0 Å². The van der Waals surface area contributed by atoms with E-state index in [1.165, 1.54) is 14.2 Å². The summed E-state index contributed by atoms with van der Waals surface area (Å²) in [4.78, 5) is 25.2. The minimum absolute atomic E-state index is 0.126. The van der Waals surface area contributed by atoms with Crippen molar-refractivity contribution in [2.45, 2.75) is 13.8 Å². The average Bonchev–Trinajstić information content (AvgIpc) is 3.01. The maximum atomic E-state index is 12.7. The van der Waals surface area contributed by atoms with Crippen molar-refractivity contribution in [3.8, 4) is 16.9 Å². The number of carbonyl (C=O) groups excluding carboxylic acids is 2. The molecule has 0 aliphatic rings. The van der Waals surface area contributed by atoms with Crippen molar-refractivity contribution in [1.82, 2.24) is 4.57 Å². The van der Waals surface area contributed by atoms with Gasteiger partial charge in [0.05, 0.1) is 25.5 Å². The van der Waals surface area contributed by atoms with Gasteiger partial charge < -0.3 is 14.0 Å². The van der Waals surface area contributed by atoms with Crippen LogP contribution in [0, 0.1) is 13.8 Å². The van der Waals surface area contributed by atoms with Gasteiger partial charge in [-0.2, -0.15) is 0 Å². The Morgan fingerprint density at radius 3 is 1.96 bits per heavy atom. The normalized spacial score (nSPS) is 10.6. The number of aryl methyl sites for hydroxylation is 1. The van der Waals surface area contributed by atoms with E-state index in [1.807, 2.05) is 43.3 Å². The van der Waals surface area contributed by atoms with E-state index >= 15 is 0 Å². The minimum Gasteiger partial charge on any atom is -0.465 e. The van der Waals surface area contributed by atoms with Gasteiger partial charge in [0.1, 0.15) is 5.69 Å². The van der Waals surface area contributed by atoms with Gasteiger partial charge in [-0.25, -0.2) is 9.59 Å². The molecule has 3 rings (SSSR count). The number of rotatable bonds is 4. The van der Waals surface area contributed by atoms with E-state index in [-0.39, 0.29) is 11.3 Å². The molecule has 0 saturated carbocycles. The lowest BCUT2D eigenvalue weighted by atomic mass is 10.0. The summed E-state index contributed by atoms with van der Waals surface area (Å²) >= 11 is 6.04. The fourth-order valence-corrected chi connectivity index (χ4v) is 3.36. The van der Waals surface area contributed by atoms with Crippen molar-refractivity contribution in [1.29, 1.82) is 0 Å². The molecule has 28 heavy (non-hydrogen) atoms. The minimum atomic E-state index is -0.621. The summed E-state index contributed by atoms with van der Waals surface area (Å²) in [7, 11) is 2.57. The van der Waals surface area contributed by atoms with Crippen LogP contribution in [-0.2, 0) is 9.47 Å². The molecule has 0 N–H and O–H groups in total. The molecular weight excluding hydrogens is 378 g/mol. The molecule has 0 saturated heterocycles. The second kappa shape index (κ2) is 7.90. The first-order valence-corrected chi connectivity index (χ1v) is 9.01. The predicted octanol–water partition coefficient (Wildman–Crippen LogP) is 4.99. The molecule has 0 amide bonds. The molecule has 0 spiro atoms. The highest BCUT2D eigenvalue weighted by molar-refractivity contribution is 6.30. The third-order valence-electron chi connectivity index (χ3n) is 4.59. The first-order chi connectivity index (χ1) is 13.4. The number of aromatic nitrogens is 1. The van der Waals surface area contributed by atoms with Gasteiger partial charge in [-0.3, -0.25) is 0 Å². The third kappa shape index (κ3) is 3.41. The van der Waals surface area contributed by atoms with Crippen LogP contribution in [0.3, 0.4) is 0 Å². The SMILES string of the molecule is COC(=O)c1c(C)c(-c2ccc(Cl)cc2)n(-c2ccc(C)cc2)c1C(=O)OC. The van der Waals surface area contributed by atoms with Crippen LogP contribution in [0.15, 0.2) is 48.5 Å². The van der Waals surface area contributed by atoms with E-state index in [0.717, 1.165) is 16.8 Å². The van der Waals surface area contributed by atoms with Crippen LogP contribution in [0.5, 0.6) is 0 Å². The van der Waals surface area contributed by atoms with Crippen LogP contribution in [-0.4, -0.2) is 30.7 Å². The largest absolute Gasteiger partial charge is 0.465 e. The molecule has 0 unspecified atom stereocenters. The number of esters is 2. The lowest BCUT2D eigenvalue weighted by Gasteiger charge is -2.14. The van der Waals surface area contributed by atoms with Crippen molar-refractivity contribution < 1.29 is 19.1 Å². The molecule has 0 bridgehead atoms. The summed E-state index contributed by atoms with van der Waals surface area (Å²) in [5.74, 6) is -1.22. The molecule has 2 aromatic carbocycles. The van der Waals surface area contributed by atoms with Gasteiger partial charge in [0.25, 0.3) is 0 Å². The number of methoxy groups -OCH3 is 2. The number of hydrogen-bond acceptors (Lipinski definition) is 4. The zero-order valence-corrected chi connectivity index (χ0v) is 16.8. The van der Waals surface area contributed by atoms with Crippen LogP contribution in [0.4, 0.5) is 0 Å². The van der Waals surface area contributed by atoms with Gasteiger partial charge in [-0.1, -0.05) is 41.4 Å². The molecule has 1 heterocycles. The lowest BCUT2D eigenvalue weighted by Crippen LogP contribution is -2.15. The van der Waals surface area contributed by atoms with Crippen LogP contribution < -0.4 is 0 Å². The van der Waals surface area contributed by atoms with E-state index in [0.29, 0.717) is 16.3 Å². The molecule has 0 aliphatic carbocycles. The molecule has 1 aromatic heterocycles. The van der Waals surface area contributed by atoms with Crippen molar-refractivity contribution in [3.05, 3.63) is 75.9 Å². The first kappa shape index (κ1) is 19.7. The Balaban J connectivity index is 2.44. The van der Waals surface area contributed by atoms with Crippen LogP contribution >= 0.6 is 11.6 Å². The number of benzene rings is 2. The smallest absolute Gasteiger partial charge is 0.355 e. The monoisotopic (exact) mass is 397 g/mol. The highest BCUT2D eigenvalue weighted by Crippen LogP contribution is 2.35. The second-order valence-electron chi connectivity index (χ2n) is 6.36. The Morgan fingerprint density at radius 1 is 0.857 bits per heavy atom. The highest BCUT2D eigenvalue weighted by atomic mass is 35.5. The molecule has 144 valence electrons. The zero-order chi connectivity index (χ0) is 20.4. The average molecular weight is 398 g/mol. The molecule has 0 aliphatic heterocycles. The molecule has 0 atom stereocenters. The van der Waals surface area contributed by atoms with Gasteiger partial charge in [-0.05, 0) is 49.2 Å². The summed E-state index contributed by atoms with van der Waals surface area (Å²) in [5.41, 5.74) is 4.24. The molecule has 5 nitrogen and oxygen atoms in total. The van der Waals surface area contributed by atoms with Gasteiger partial charge in [0.15, 0.2) is 0 Å². The summed E-state index contributed by atoms with van der Waals surface area (Å²) in [6, 6.07) is 14.9. The Kier molecular flexibility index (Phi) is 5.56. The van der Waals surface area contributed by atoms with E-state index in [9.17, 15) is 9.59 Å². The van der Waals surface area contributed by atoms with Crippen LogP contribution in [0.25, 0.3) is 16.9 Å². The Morgan fingerprint density at radius 2 is 1.43 bits per heavy atom. The summed E-state index contributed by atoms with van der Waals surface area (Å²) in [6.45, 7) is 3.76. The summed E-state index contributed by atoms with van der Waals surface area (Å²) < 4.78 is 11.7. The fraction of sp³-hybridized carbons (Fsp3) is 0.182. The zero-order valence-electron chi connectivity index (χ0n) is 16.1. The first-order valence-electron chi connectivity index (χ1n) is 8.64. The number of nitrogens with zero attached hydrogens (tertiary/aromatic N) is 1. The molecule has 0 fully saturated rings. The Labute approximate surface area is 168 Å². The predicted molar refractivity (Wildman–Crippen MR) is 108 cm³/mol. The maximum absolute atomic E-state index is 12.7. The fourth-order valence-electron chi connectivity index (χ4n) is 3.23. The highest BCUT2D eigenvalue weighted by Gasteiger charge is 2.31. The standard InChI is InChI=1S/C22H20ClNO4/c1-13-5-11-17(12-6-13)24-19(15-7-9-16(23)10-8-15)14(2)18(21(25)27-3)20(24)22(26)28-4/h5-12H,1-4H3. The van der Waals surface area contributed by atoms with Crippen molar-refractivity contribution >= 4 is 23.5 Å². The third-order valence-corrected chi connectivity index (χ3v) is 4.84. The van der Waals surface area contributed by atoms with Gasteiger partial charge in [0.2, 0.25) is 0 Å². The molecule has 0 radical (unpaired) electrons. The molecule has 6 heteroatoms. The number of halogens is 1. The summed E-state index contributed by atoms with van der Waals surface area (Å²) in [5, 5.41) is 0.594. The molecular formula is C22H20ClNO4. The number of ether oxygens (including phenoxy) is 2. The van der Waals surface area contributed by atoms with Crippen molar-refractivity contribution in [2.24, 2.45) is 0 Å². The quantitative estimate of drug-likeness (QED) is 0.582. The van der Waals surface area contributed by atoms with E-state index in [4.69, 9.17) is 21.1 Å². The Hall–Kier alpha value is -3.05. The van der Waals surface area contributed by atoms with E-state index in [2.05, 4.69) is 0 Å². The van der Waals surface area contributed by atoms with Gasteiger partial charge in [0, 0.05) is 10.7 Å². The lowest BCUT2D eigenvalue weighted by molar-refractivity contribution is 0.0549. The topological polar surface area (TPSA) is 57.5 Å². The van der Waals surface area contributed by atoms with Crippen LogP contribution in [0.2, 0.25) is 5.02 Å². The molecule has 3 aromatic rings. The van der Waals surface area contributed by atoms with Crippen molar-refractivity contribution in [2.75, 3.05) is 14.2 Å². The Bertz CT molecular complexity index is 1030. The van der Waals surface area contributed by atoms with E-state index < -0.39 is 11.9 Å². The summed E-state index contributed by atoms with van der Waals surface area (Å²) in [6.07, 6.45) is 0.